The standard InChI is InChI=1S/C25H31ClN2O4/c1-24-12-11-20-18(19(24)9-10-23(24)29)8-3-15-13-22(21(26)14-25(15,20)2)27-32-17-6-4-16(5-7-17)28(30)31/h4-7,15,18-21H,3,8-14H2,1-2H3/b27-22-/t15-,18-,19-,20-,21+,24-,25-/m0/s1. The summed E-state index contributed by atoms with van der Waals surface area (Å²) >= 11 is 6.86. The largest absolute Gasteiger partial charge is 0.357 e. The second-order valence-electron chi connectivity index (χ2n) is 10.9. The van der Waals surface area contributed by atoms with Gasteiger partial charge in [0.25, 0.3) is 5.69 Å². The Morgan fingerprint density at radius 1 is 1.12 bits per heavy atom. The number of carbonyl (C=O) groups excluding carboxylic acids is 1. The number of carbonyl (C=O) groups is 1. The van der Waals surface area contributed by atoms with Crippen LogP contribution in [-0.4, -0.2) is 21.8 Å². The van der Waals surface area contributed by atoms with E-state index in [0.717, 1.165) is 50.7 Å². The van der Waals surface area contributed by atoms with Crippen LogP contribution >= 0.6 is 11.6 Å². The molecule has 4 aliphatic rings. The molecule has 0 N–H and O–H groups in total. The minimum absolute atomic E-state index is 0.0259. The number of nitro benzene ring substituents is 1. The van der Waals surface area contributed by atoms with Crippen molar-refractivity contribution in [1.29, 1.82) is 0 Å². The highest BCUT2D eigenvalue weighted by Gasteiger charge is 2.60. The molecule has 32 heavy (non-hydrogen) atoms. The number of oxime groups is 1. The molecule has 1 aromatic rings. The van der Waals surface area contributed by atoms with Crippen molar-refractivity contribution in [3.05, 3.63) is 34.4 Å². The minimum atomic E-state index is -0.432. The van der Waals surface area contributed by atoms with Gasteiger partial charge < -0.3 is 4.84 Å². The smallest absolute Gasteiger partial charge is 0.269 e. The Morgan fingerprint density at radius 3 is 2.59 bits per heavy atom. The molecule has 4 fully saturated rings. The summed E-state index contributed by atoms with van der Waals surface area (Å²) in [6, 6.07) is 5.95. The lowest BCUT2D eigenvalue weighted by molar-refractivity contribution is -0.384. The minimum Gasteiger partial charge on any atom is -0.357 e. The lowest BCUT2D eigenvalue weighted by Gasteiger charge is -2.60. The maximum absolute atomic E-state index is 12.6. The van der Waals surface area contributed by atoms with Crippen LogP contribution in [0.1, 0.15) is 65.2 Å². The first-order chi connectivity index (χ1) is 15.2. The van der Waals surface area contributed by atoms with Crippen molar-refractivity contribution in [3.8, 4) is 5.75 Å². The summed E-state index contributed by atoms with van der Waals surface area (Å²) in [5, 5.41) is 15.0. The Hall–Kier alpha value is -1.95. The number of Topliss-reactive ketones (excluding diaryl/α,β-unsaturated/α-hetero) is 1. The number of alkyl halides is 1. The number of ketones is 1. The van der Waals surface area contributed by atoms with Crippen LogP contribution in [0.15, 0.2) is 29.4 Å². The van der Waals surface area contributed by atoms with Gasteiger partial charge in [-0.1, -0.05) is 19.0 Å². The number of nitro groups is 1. The summed E-state index contributed by atoms with van der Waals surface area (Å²) in [5.74, 6) is 3.30. The SMILES string of the molecule is C[C@]12C[C@@H](Cl)/C(=N\Oc3ccc([N+](=O)[O-])cc3)C[C@@H]1CC[C@@H]1[C@@H]2CC[C@]2(C)C(=O)CC[C@@H]12. The number of hydrogen-bond acceptors (Lipinski definition) is 5. The molecular weight excluding hydrogens is 428 g/mol. The van der Waals surface area contributed by atoms with Crippen LogP contribution in [0.2, 0.25) is 0 Å². The van der Waals surface area contributed by atoms with Gasteiger partial charge in [0.2, 0.25) is 0 Å². The highest BCUT2D eigenvalue weighted by Crippen LogP contribution is 2.65. The van der Waals surface area contributed by atoms with Gasteiger partial charge >= 0.3 is 0 Å². The third-order valence-corrected chi connectivity index (χ3v) is 9.93. The molecule has 6 nitrogen and oxygen atoms in total. The first-order valence-electron chi connectivity index (χ1n) is 11.9. The van der Waals surface area contributed by atoms with E-state index in [0.29, 0.717) is 35.2 Å². The maximum Gasteiger partial charge on any atom is 0.269 e. The topological polar surface area (TPSA) is 81.8 Å². The van der Waals surface area contributed by atoms with Gasteiger partial charge in [-0.05, 0) is 86.2 Å². The van der Waals surface area contributed by atoms with Crippen molar-refractivity contribution in [2.75, 3.05) is 0 Å². The molecule has 0 radical (unpaired) electrons. The third kappa shape index (κ3) is 3.37. The molecule has 0 aromatic heterocycles. The second-order valence-corrected chi connectivity index (χ2v) is 11.4. The van der Waals surface area contributed by atoms with Crippen molar-refractivity contribution in [2.24, 2.45) is 39.7 Å². The van der Waals surface area contributed by atoms with E-state index in [1.54, 1.807) is 12.1 Å². The van der Waals surface area contributed by atoms with E-state index in [9.17, 15) is 14.9 Å². The molecule has 0 spiro atoms. The lowest BCUT2D eigenvalue weighted by Crippen LogP contribution is -2.55. The van der Waals surface area contributed by atoms with E-state index >= 15 is 0 Å². The van der Waals surface area contributed by atoms with Crippen LogP contribution in [0.3, 0.4) is 0 Å². The molecule has 0 heterocycles. The van der Waals surface area contributed by atoms with Crippen LogP contribution in [-0.2, 0) is 4.79 Å². The van der Waals surface area contributed by atoms with E-state index in [1.807, 2.05) is 0 Å². The molecule has 0 unspecified atom stereocenters. The van der Waals surface area contributed by atoms with Crippen molar-refractivity contribution < 1.29 is 14.6 Å². The highest BCUT2D eigenvalue weighted by molar-refractivity contribution is 6.32. The average Bonchev–Trinajstić information content (AvgIpc) is 3.07. The molecule has 5 rings (SSSR count). The molecule has 0 amide bonds. The van der Waals surface area contributed by atoms with Crippen molar-refractivity contribution in [2.45, 2.75) is 70.6 Å². The second kappa shape index (κ2) is 7.82. The predicted octanol–water partition coefficient (Wildman–Crippen LogP) is 6.16. The van der Waals surface area contributed by atoms with E-state index in [-0.39, 0.29) is 21.9 Å². The summed E-state index contributed by atoms with van der Waals surface area (Å²) in [7, 11) is 0. The van der Waals surface area contributed by atoms with Crippen molar-refractivity contribution in [3.63, 3.8) is 0 Å². The van der Waals surface area contributed by atoms with E-state index < -0.39 is 4.92 Å². The fourth-order valence-electron chi connectivity index (χ4n) is 7.68. The Labute approximate surface area is 193 Å². The Kier molecular flexibility index (Phi) is 5.35. The van der Waals surface area contributed by atoms with Gasteiger partial charge in [-0.2, -0.15) is 0 Å². The molecule has 4 aliphatic carbocycles. The third-order valence-electron chi connectivity index (χ3n) is 9.53. The first-order valence-corrected chi connectivity index (χ1v) is 12.3. The number of halogens is 1. The fourth-order valence-corrected chi connectivity index (χ4v) is 8.14. The van der Waals surface area contributed by atoms with Crippen LogP contribution < -0.4 is 4.84 Å². The maximum atomic E-state index is 12.6. The molecular formula is C25H31ClN2O4. The van der Waals surface area contributed by atoms with Crippen LogP contribution in [0.25, 0.3) is 0 Å². The van der Waals surface area contributed by atoms with E-state index in [1.165, 1.54) is 18.6 Å². The van der Waals surface area contributed by atoms with Gasteiger partial charge in [0.15, 0.2) is 5.75 Å². The number of fused-ring (bicyclic) bond motifs is 5. The number of nitrogens with zero attached hydrogens (tertiary/aromatic N) is 2. The van der Waals surface area contributed by atoms with Crippen LogP contribution in [0.4, 0.5) is 5.69 Å². The van der Waals surface area contributed by atoms with Crippen LogP contribution in [0, 0.1) is 44.6 Å². The number of benzene rings is 1. The van der Waals surface area contributed by atoms with E-state index in [4.69, 9.17) is 16.4 Å². The zero-order valence-corrected chi connectivity index (χ0v) is 19.5. The van der Waals surface area contributed by atoms with Gasteiger partial charge in [0, 0.05) is 24.0 Å². The summed E-state index contributed by atoms with van der Waals surface area (Å²) in [6.45, 7) is 4.65. The molecule has 0 saturated heterocycles. The summed E-state index contributed by atoms with van der Waals surface area (Å²) in [6.07, 6.45) is 8.06. The first kappa shape index (κ1) is 21.9. The van der Waals surface area contributed by atoms with E-state index in [2.05, 4.69) is 19.0 Å². The number of hydrogen-bond donors (Lipinski definition) is 0. The van der Waals surface area contributed by atoms with Gasteiger partial charge in [0.1, 0.15) is 5.78 Å². The van der Waals surface area contributed by atoms with Gasteiger partial charge in [0.05, 0.1) is 16.0 Å². The Morgan fingerprint density at radius 2 is 1.88 bits per heavy atom. The summed E-state index contributed by atoms with van der Waals surface area (Å²) in [5.41, 5.74) is 0.986. The lowest BCUT2D eigenvalue weighted by atomic mass is 9.45. The Bertz CT molecular complexity index is 963. The normalized spacial score (nSPS) is 42.2. The average molecular weight is 459 g/mol. The zero-order valence-electron chi connectivity index (χ0n) is 18.8. The molecule has 7 atom stereocenters. The summed E-state index contributed by atoms with van der Waals surface area (Å²) in [4.78, 5) is 28.6. The van der Waals surface area contributed by atoms with Gasteiger partial charge in [-0.15, -0.1) is 11.6 Å². The van der Waals surface area contributed by atoms with Gasteiger partial charge in [-0.25, -0.2) is 0 Å². The van der Waals surface area contributed by atoms with Gasteiger partial charge in [-0.3, -0.25) is 14.9 Å². The van der Waals surface area contributed by atoms with Crippen molar-refractivity contribution in [1.82, 2.24) is 0 Å². The molecule has 172 valence electrons. The quantitative estimate of drug-likeness (QED) is 0.308. The molecule has 1 aromatic carbocycles. The molecule has 0 bridgehead atoms. The number of non-ortho nitro benzene ring substituents is 1. The van der Waals surface area contributed by atoms with Crippen molar-refractivity contribution >= 4 is 28.8 Å². The summed E-state index contributed by atoms with van der Waals surface area (Å²) < 4.78 is 0. The number of rotatable bonds is 3. The molecule has 0 aliphatic heterocycles. The zero-order chi connectivity index (χ0) is 22.7. The molecule has 4 saturated carbocycles. The predicted molar refractivity (Wildman–Crippen MR) is 123 cm³/mol. The highest BCUT2D eigenvalue weighted by atomic mass is 35.5. The van der Waals surface area contributed by atoms with Crippen LogP contribution in [0.5, 0.6) is 5.75 Å². The Balaban J connectivity index is 1.31. The monoisotopic (exact) mass is 458 g/mol. The fraction of sp³-hybridized carbons (Fsp3) is 0.680. The molecule has 7 heteroatoms.